The van der Waals surface area contributed by atoms with Gasteiger partial charge in [-0.3, -0.25) is 0 Å². The number of aliphatic hydroxyl groups is 1. The monoisotopic (exact) mass is 262 g/mol. The van der Waals surface area contributed by atoms with E-state index in [0.29, 0.717) is 12.8 Å². The molecule has 1 aliphatic rings. The molecule has 76 valence electrons. The van der Waals surface area contributed by atoms with Gasteiger partial charge in [-0.25, -0.2) is 8.78 Å². The molecule has 0 unspecified atom stereocenters. The molecule has 0 aromatic heterocycles. The number of benzene rings is 1. The Morgan fingerprint density at radius 2 is 2.00 bits per heavy atom. The molecule has 0 saturated heterocycles. The van der Waals surface area contributed by atoms with Crippen LogP contribution in [-0.2, 0) is 6.42 Å². The van der Waals surface area contributed by atoms with Gasteiger partial charge in [0, 0.05) is 12.0 Å². The zero-order valence-corrected chi connectivity index (χ0v) is 8.94. The minimum atomic E-state index is -0.873. The predicted molar refractivity (Wildman–Crippen MR) is 51.9 cm³/mol. The van der Waals surface area contributed by atoms with Gasteiger partial charge < -0.3 is 5.11 Å². The summed E-state index contributed by atoms with van der Waals surface area (Å²) in [5.41, 5.74) is -0.901. The smallest absolute Gasteiger partial charge is 0.143 e. The summed E-state index contributed by atoms with van der Waals surface area (Å²) in [6.07, 6.45) is 1.31. The maximum absolute atomic E-state index is 13.4. The summed E-state index contributed by atoms with van der Waals surface area (Å²) in [5.74, 6) is -1.20. The van der Waals surface area contributed by atoms with Crippen LogP contribution >= 0.6 is 15.9 Å². The SMILES string of the molecule is OC1(Cc2c(F)ccc(Br)c2F)CC1. The van der Waals surface area contributed by atoms with Crippen molar-refractivity contribution >= 4 is 15.9 Å². The molecular formula is C10H9BrF2O. The molecule has 0 atom stereocenters. The van der Waals surface area contributed by atoms with Crippen LogP contribution in [0.25, 0.3) is 0 Å². The Hall–Kier alpha value is -0.480. The Balaban J connectivity index is 2.35. The fraction of sp³-hybridized carbons (Fsp3) is 0.400. The van der Waals surface area contributed by atoms with Crippen LogP contribution in [0, 0.1) is 11.6 Å². The van der Waals surface area contributed by atoms with Gasteiger partial charge in [0.15, 0.2) is 0 Å². The van der Waals surface area contributed by atoms with E-state index < -0.39 is 17.2 Å². The van der Waals surface area contributed by atoms with Crippen LogP contribution in [0.1, 0.15) is 18.4 Å². The fourth-order valence-corrected chi connectivity index (χ4v) is 1.75. The lowest BCUT2D eigenvalue weighted by Gasteiger charge is -2.10. The molecule has 1 nitrogen and oxygen atoms in total. The third kappa shape index (κ3) is 1.81. The summed E-state index contributed by atoms with van der Waals surface area (Å²) in [7, 11) is 0. The highest BCUT2D eigenvalue weighted by molar-refractivity contribution is 9.10. The molecule has 4 heteroatoms. The molecule has 0 aliphatic heterocycles. The highest BCUT2D eigenvalue weighted by Crippen LogP contribution is 2.39. The molecular weight excluding hydrogens is 254 g/mol. The van der Waals surface area contributed by atoms with Gasteiger partial charge in [0.1, 0.15) is 11.6 Å². The minimum Gasteiger partial charge on any atom is -0.390 e. The van der Waals surface area contributed by atoms with Crippen molar-refractivity contribution in [2.45, 2.75) is 24.9 Å². The lowest BCUT2D eigenvalue weighted by molar-refractivity contribution is 0.148. The lowest BCUT2D eigenvalue weighted by Crippen LogP contribution is -2.13. The first kappa shape index (κ1) is 10.1. The Labute approximate surface area is 88.9 Å². The van der Waals surface area contributed by atoms with E-state index in [1.54, 1.807) is 0 Å². The van der Waals surface area contributed by atoms with Crippen LogP contribution in [0.2, 0.25) is 0 Å². The van der Waals surface area contributed by atoms with E-state index in [2.05, 4.69) is 15.9 Å². The Morgan fingerprint density at radius 1 is 1.36 bits per heavy atom. The molecule has 0 amide bonds. The molecule has 14 heavy (non-hydrogen) atoms. The van der Waals surface area contributed by atoms with E-state index in [1.807, 2.05) is 0 Å². The topological polar surface area (TPSA) is 20.2 Å². The molecule has 1 saturated carbocycles. The summed E-state index contributed by atoms with van der Waals surface area (Å²) >= 11 is 2.98. The molecule has 1 aromatic rings. The van der Waals surface area contributed by atoms with Crippen molar-refractivity contribution in [3.8, 4) is 0 Å². The Bertz CT molecular complexity index is 375. The molecule has 2 rings (SSSR count). The van der Waals surface area contributed by atoms with Gasteiger partial charge in [-0.1, -0.05) is 0 Å². The summed E-state index contributed by atoms with van der Waals surface area (Å²) < 4.78 is 26.9. The fourth-order valence-electron chi connectivity index (χ4n) is 1.38. The van der Waals surface area contributed by atoms with Crippen LogP contribution in [0.5, 0.6) is 0 Å². The summed E-state index contributed by atoms with van der Waals surface area (Å²) in [5, 5.41) is 9.57. The normalized spacial score (nSPS) is 18.3. The van der Waals surface area contributed by atoms with E-state index in [4.69, 9.17) is 0 Å². The van der Waals surface area contributed by atoms with E-state index in [-0.39, 0.29) is 16.5 Å². The van der Waals surface area contributed by atoms with Gasteiger partial charge in [-0.2, -0.15) is 0 Å². The van der Waals surface area contributed by atoms with Gasteiger partial charge in [0.25, 0.3) is 0 Å². The second-order valence-electron chi connectivity index (χ2n) is 3.72. The molecule has 1 N–H and O–H groups in total. The Kier molecular flexibility index (Phi) is 2.35. The molecule has 0 bridgehead atoms. The molecule has 1 aliphatic carbocycles. The predicted octanol–water partition coefficient (Wildman–Crippen LogP) is 2.79. The van der Waals surface area contributed by atoms with Gasteiger partial charge in [0.2, 0.25) is 0 Å². The first-order chi connectivity index (χ1) is 6.52. The Morgan fingerprint density at radius 3 is 2.57 bits per heavy atom. The van der Waals surface area contributed by atoms with Gasteiger partial charge >= 0.3 is 0 Å². The summed E-state index contributed by atoms with van der Waals surface area (Å²) in [6.45, 7) is 0. The van der Waals surface area contributed by atoms with Crippen molar-refractivity contribution in [1.82, 2.24) is 0 Å². The van der Waals surface area contributed by atoms with Gasteiger partial charge in [0.05, 0.1) is 10.1 Å². The van der Waals surface area contributed by atoms with Crippen LogP contribution in [-0.4, -0.2) is 10.7 Å². The second-order valence-corrected chi connectivity index (χ2v) is 4.58. The van der Waals surface area contributed by atoms with Gasteiger partial charge in [-0.05, 0) is 40.9 Å². The van der Waals surface area contributed by atoms with E-state index in [9.17, 15) is 13.9 Å². The molecule has 0 spiro atoms. The standard InChI is InChI=1S/C10H9BrF2O/c11-7-1-2-8(12)6(9(7)13)5-10(14)3-4-10/h1-2,14H,3-5H2. The van der Waals surface area contributed by atoms with E-state index in [0.717, 1.165) is 0 Å². The van der Waals surface area contributed by atoms with Crippen molar-refractivity contribution in [3.63, 3.8) is 0 Å². The summed E-state index contributed by atoms with van der Waals surface area (Å²) in [6, 6.07) is 2.53. The maximum Gasteiger partial charge on any atom is 0.143 e. The van der Waals surface area contributed by atoms with Crippen molar-refractivity contribution in [3.05, 3.63) is 33.8 Å². The van der Waals surface area contributed by atoms with Crippen molar-refractivity contribution < 1.29 is 13.9 Å². The average Bonchev–Trinajstić information content (AvgIpc) is 2.86. The zero-order chi connectivity index (χ0) is 10.3. The number of rotatable bonds is 2. The zero-order valence-electron chi connectivity index (χ0n) is 7.36. The minimum absolute atomic E-state index is 0.0284. The lowest BCUT2D eigenvalue weighted by atomic mass is 10.1. The van der Waals surface area contributed by atoms with E-state index >= 15 is 0 Å². The van der Waals surface area contributed by atoms with E-state index in [1.165, 1.54) is 12.1 Å². The first-order valence-corrected chi connectivity index (χ1v) is 5.16. The maximum atomic E-state index is 13.4. The van der Waals surface area contributed by atoms with Gasteiger partial charge in [-0.15, -0.1) is 0 Å². The van der Waals surface area contributed by atoms with Crippen LogP contribution in [0.3, 0.4) is 0 Å². The first-order valence-electron chi connectivity index (χ1n) is 4.37. The molecule has 0 radical (unpaired) electrons. The van der Waals surface area contributed by atoms with Crippen molar-refractivity contribution in [2.75, 3.05) is 0 Å². The third-order valence-corrected chi connectivity index (χ3v) is 3.08. The summed E-state index contributed by atoms with van der Waals surface area (Å²) in [4.78, 5) is 0. The highest BCUT2D eigenvalue weighted by atomic mass is 79.9. The van der Waals surface area contributed by atoms with Crippen LogP contribution in [0.15, 0.2) is 16.6 Å². The number of halogens is 3. The highest BCUT2D eigenvalue weighted by Gasteiger charge is 2.41. The average molecular weight is 263 g/mol. The van der Waals surface area contributed by atoms with Crippen molar-refractivity contribution in [1.29, 1.82) is 0 Å². The van der Waals surface area contributed by atoms with Crippen molar-refractivity contribution in [2.24, 2.45) is 0 Å². The molecule has 1 aromatic carbocycles. The molecule has 1 fully saturated rings. The molecule has 0 heterocycles. The van der Waals surface area contributed by atoms with Crippen LogP contribution < -0.4 is 0 Å². The number of hydrogen-bond donors (Lipinski definition) is 1. The quantitative estimate of drug-likeness (QED) is 0.813. The van der Waals surface area contributed by atoms with Crippen LogP contribution in [0.4, 0.5) is 8.78 Å². The largest absolute Gasteiger partial charge is 0.390 e. The second kappa shape index (κ2) is 3.28. The third-order valence-electron chi connectivity index (χ3n) is 2.47. The number of hydrogen-bond acceptors (Lipinski definition) is 1.